The second kappa shape index (κ2) is 7.75. The van der Waals surface area contributed by atoms with E-state index in [1.165, 1.54) is 6.92 Å². The minimum absolute atomic E-state index is 0.0684. The van der Waals surface area contributed by atoms with Crippen molar-refractivity contribution < 1.29 is 52.0 Å². The van der Waals surface area contributed by atoms with E-state index in [0.717, 1.165) is 34.3 Å². The summed E-state index contributed by atoms with van der Waals surface area (Å²) in [6.45, 7) is 1.51. The largest absolute Gasteiger partial charge is 0.480 e. The summed E-state index contributed by atoms with van der Waals surface area (Å²) in [6, 6.07) is 0. The Kier molecular flexibility index (Phi) is 6.62. The summed E-state index contributed by atoms with van der Waals surface area (Å²) >= 11 is 4.92. The number of aliphatic hydroxyl groups excluding tert-OH is 2. The Morgan fingerprint density at radius 1 is 1.33 bits per heavy atom. The summed E-state index contributed by atoms with van der Waals surface area (Å²) in [5, 5.41) is 18.2. The highest BCUT2D eigenvalue weighted by Gasteiger charge is 2.69. The van der Waals surface area contributed by atoms with Crippen LogP contribution in [-0.4, -0.2) is 81.4 Å². The lowest BCUT2D eigenvalue weighted by Crippen LogP contribution is -2.60. The Balaban J connectivity index is 2.51. The number of aromatic nitrogens is 2. The fourth-order valence-electron chi connectivity index (χ4n) is 2.99. The molecule has 0 aromatic carbocycles. The molecule has 1 fully saturated rings. The third-order valence-corrected chi connectivity index (χ3v) is 7.34. The van der Waals surface area contributed by atoms with Gasteiger partial charge in [0.15, 0.2) is 7.85 Å². The molecule has 6 N–H and O–H groups in total. The van der Waals surface area contributed by atoms with Gasteiger partial charge in [-0.05, 0) is 6.92 Å². The SMILES string of the molecule is BC(B)(OP(=O)(O)OP(=O)(O)O)[C@@]1(F)O[C@@](B)(n2cc(C)c(=S)[nH]c2=O)[C@H](O)[C@@H]1O. The van der Waals surface area contributed by atoms with Gasteiger partial charge in [-0.1, -0.05) is 12.2 Å². The lowest BCUT2D eigenvalue weighted by molar-refractivity contribution is -0.239. The summed E-state index contributed by atoms with van der Waals surface area (Å²) < 4.78 is 52.7. The molecule has 0 saturated carbocycles. The molecular formula is C10H18B3FN2O11P2S. The van der Waals surface area contributed by atoms with Gasteiger partial charge in [0.05, 0.1) is 5.40 Å². The van der Waals surface area contributed by atoms with Gasteiger partial charge in [0.1, 0.15) is 38.2 Å². The Labute approximate surface area is 176 Å². The maximum Gasteiger partial charge on any atom is 0.480 e. The second-order valence-corrected chi connectivity index (χ2v) is 10.4. The molecule has 0 amide bonds. The molecular weight excluding hydrogens is 470 g/mol. The number of aliphatic hydroxyl groups is 2. The topological polar surface area (TPSA) is 201 Å². The molecule has 20 heteroatoms. The van der Waals surface area contributed by atoms with E-state index in [1.54, 1.807) is 0 Å². The molecule has 0 radical (unpaired) electrons. The van der Waals surface area contributed by atoms with Gasteiger partial charge in [0, 0.05) is 11.8 Å². The van der Waals surface area contributed by atoms with Crippen molar-refractivity contribution in [3.8, 4) is 0 Å². The normalized spacial score (nSPS) is 32.1. The molecule has 1 unspecified atom stereocenters. The highest BCUT2D eigenvalue weighted by Crippen LogP contribution is 2.61. The number of rotatable bonds is 6. The molecule has 1 aromatic rings. The Morgan fingerprint density at radius 2 is 1.87 bits per heavy atom. The van der Waals surface area contributed by atoms with Gasteiger partial charge < -0.3 is 29.6 Å². The molecule has 0 aliphatic carbocycles. The van der Waals surface area contributed by atoms with Crippen LogP contribution in [0.15, 0.2) is 11.0 Å². The first-order chi connectivity index (χ1) is 13.3. The maximum absolute atomic E-state index is 15.8. The van der Waals surface area contributed by atoms with Crippen LogP contribution in [0.1, 0.15) is 5.56 Å². The van der Waals surface area contributed by atoms with Crippen molar-refractivity contribution in [3.63, 3.8) is 0 Å². The molecule has 1 aliphatic rings. The van der Waals surface area contributed by atoms with Crippen LogP contribution in [0.25, 0.3) is 0 Å². The molecule has 1 aromatic heterocycles. The average molecular weight is 488 g/mol. The number of aromatic amines is 1. The van der Waals surface area contributed by atoms with Gasteiger partial charge in [-0.2, -0.15) is 4.31 Å². The number of phosphoric acid groups is 2. The molecule has 0 bridgehead atoms. The van der Waals surface area contributed by atoms with Crippen LogP contribution < -0.4 is 5.69 Å². The average Bonchev–Trinajstić information content (AvgIpc) is 2.70. The van der Waals surface area contributed by atoms with Crippen molar-refractivity contribution in [1.82, 2.24) is 9.55 Å². The summed E-state index contributed by atoms with van der Waals surface area (Å²) in [4.78, 5) is 41.5. The quantitative estimate of drug-likeness (QED) is 0.129. The third-order valence-electron chi connectivity index (χ3n) is 4.56. The van der Waals surface area contributed by atoms with Crippen LogP contribution in [0.4, 0.5) is 4.39 Å². The third kappa shape index (κ3) is 4.59. The predicted octanol–water partition coefficient (Wildman–Crippen LogP) is -3.98. The number of phosphoric ester groups is 1. The first-order valence-corrected chi connectivity index (χ1v) is 11.6. The van der Waals surface area contributed by atoms with Gasteiger partial charge in [0.2, 0.25) is 0 Å². The van der Waals surface area contributed by atoms with Crippen molar-refractivity contribution in [2.24, 2.45) is 0 Å². The first-order valence-electron chi connectivity index (χ1n) is 8.14. The zero-order valence-electron chi connectivity index (χ0n) is 16.0. The van der Waals surface area contributed by atoms with E-state index >= 15 is 4.39 Å². The molecule has 30 heavy (non-hydrogen) atoms. The summed E-state index contributed by atoms with van der Waals surface area (Å²) in [7, 11) is -8.44. The van der Waals surface area contributed by atoms with Crippen LogP contribution in [0, 0.1) is 11.6 Å². The van der Waals surface area contributed by atoms with Crippen molar-refractivity contribution >= 4 is 51.4 Å². The number of halogens is 1. The van der Waals surface area contributed by atoms with E-state index in [0.29, 0.717) is 5.56 Å². The maximum atomic E-state index is 15.8. The lowest BCUT2D eigenvalue weighted by atomic mass is 9.59. The fourth-order valence-corrected chi connectivity index (χ4v) is 5.04. The number of nitrogens with zero attached hydrogens (tertiary/aromatic N) is 1. The van der Waals surface area contributed by atoms with Crippen molar-refractivity contribution in [3.05, 3.63) is 26.9 Å². The smallest absolute Gasteiger partial charge is 0.386 e. The minimum Gasteiger partial charge on any atom is -0.386 e. The van der Waals surface area contributed by atoms with E-state index in [-0.39, 0.29) is 4.64 Å². The molecule has 1 saturated heterocycles. The number of nitrogens with one attached hydrogen (secondary N) is 1. The van der Waals surface area contributed by atoms with E-state index in [1.807, 2.05) is 0 Å². The van der Waals surface area contributed by atoms with Gasteiger partial charge in [0.25, 0.3) is 5.85 Å². The van der Waals surface area contributed by atoms with Gasteiger partial charge in [-0.3, -0.25) is 14.1 Å². The standard InChI is InChI=1S/C10H18B3FN2O11P2S/c1-3-2-16(7(19)15-6(3)30)9(11)5(18)4(17)8(14,25-9)10(12,13)26-29(23,24)27-28(20,21)22/h2,4-5,17-18H,11-13H2,1H3,(H,23,24)(H,15,19,30)(H2,20,21,22)/t4-,5+,8-,9-/m0/s1. The predicted molar refractivity (Wildman–Crippen MR) is 108 cm³/mol. The van der Waals surface area contributed by atoms with E-state index < -0.39 is 50.4 Å². The number of hydrogen-bond acceptors (Lipinski definition) is 9. The number of H-pyrrole nitrogens is 1. The van der Waals surface area contributed by atoms with Crippen LogP contribution in [0.3, 0.4) is 0 Å². The molecule has 13 nitrogen and oxygen atoms in total. The monoisotopic (exact) mass is 488 g/mol. The summed E-state index contributed by atoms with van der Waals surface area (Å²) in [5.74, 6) is -3.46. The summed E-state index contributed by atoms with van der Waals surface area (Å²) in [6.07, 6.45) is -3.40. The fraction of sp³-hybridized carbons (Fsp3) is 0.600. The molecule has 1 aliphatic heterocycles. The lowest BCUT2D eigenvalue weighted by Gasteiger charge is -2.40. The minimum atomic E-state index is -5.58. The van der Waals surface area contributed by atoms with E-state index in [2.05, 4.69) is 13.8 Å². The molecule has 0 spiro atoms. The first kappa shape index (κ1) is 25.6. The molecule has 166 valence electrons. The number of aryl methyl sites for hydroxylation is 1. The van der Waals surface area contributed by atoms with Crippen molar-refractivity contribution in [2.75, 3.05) is 0 Å². The van der Waals surface area contributed by atoms with Crippen LogP contribution >= 0.6 is 27.9 Å². The van der Waals surface area contributed by atoms with Crippen LogP contribution in [0.2, 0.25) is 0 Å². The highest BCUT2D eigenvalue weighted by molar-refractivity contribution is 7.71. The van der Waals surface area contributed by atoms with Crippen molar-refractivity contribution in [2.45, 2.75) is 36.0 Å². The van der Waals surface area contributed by atoms with Crippen LogP contribution in [-0.2, 0) is 28.3 Å². The number of ether oxygens (including phenoxy) is 1. The Morgan fingerprint density at radius 3 is 2.37 bits per heavy atom. The number of hydrogen-bond donors (Lipinski definition) is 6. The highest BCUT2D eigenvalue weighted by atomic mass is 32.1. The van der Waals surface area contributed by atoms with E-state index in [4.69, 9.17) is 26.7 Å². The molecule has 5 atom stereocenters. The van der Waals surface area contributed by atoms with Gasteiger partial charge >= 0.3 is 21.3 Å². The van der Waals surface area contributed by atoms with E-state index in [9.17, 15) is 29.0 Å². The second-order valence-electron chi connectivity index (χ2n) is 7.28. The molecule has 2 rings (SSSR count). The Bertz CT molecular complexity index is 1060. The zero-order valence-corrected chi connectivity index (χ0v) is 18.7. The van der Waals surface area contributed by atoms with Crippen LogP contribution in [0.5, 0.6) is 0 Å². The van der Waals surface area contributed by atoms with Gasteiger partial charge in [-0.25, -0.2) is 18.3 Å². The van der Waals surface area contributed by atoms with Crippen molar-refractivity contribution in [1.29, 1.82) is 0 Å². The Hall–Kier alpha value is -0.635. The van der Waals surface area contributed by atoms with Gasteiger partial charge in [-0.15, -0.1) is 0 Å². The number of alkyl halides is 1. The summed E-state index contributed by atoms with van der Waals surface area (Å²) in [5.41, 5.74) is -2.82. The molecule has 2 heterocycles. The zero-order chi connectivity index (χ0) is 23.5.